The van der Waals surface area contributed by atoms with Crippen LogP contribution in [0.4, 0.5) is 0 Å². The highest BCUT2D eigenvalue weighted by Crippen LogP contribution is 1.90. The van der Waals surface area contributed by atoms with Crippen molar-refractivity contribution in [2.24, 2.45) is 11.5 Å². The van der Waals surface area contributed by atoms with Gasteiger partial charge in [0.1, 0.15) is 0 Å². The van der Waals surface area contributed by atoms with Gasteiger partial charge in [0.15, 0.2) is 0 Å². The topological polar surface area (TPSA) is 105 Å². The molecule has 76 valence electrons. The summed E-state index contributed by atoms with van der Waals surface area (Å²) in [6.45, 7) is 2.13. The Labute approximate surface area is 76.2 Å². The summed E-state index contributed by atoms with van der Waals surface area (Å²) in [5.74, 6) is -2.22. The van der Waals surface area contributed by atoms with Crippen LogP contribution >= 0.6 is 0 Å². The molecule has 0 aliphatic rings. The van der Waals surface area contributed by atoms with Crippen molar-refractivity contribution in [2.75, 3.05) is 6.61 Å². The maximum absolute atomic E-state index is 10.7. The van der Waals surface area contributed by atoms with E-state index in [-0.39, 0.29) is 6.61 Å². The van der Waals surface area contributed by atoms with Crippen molar-refractivity contribution >= 4 is 11.9 Å². The lowest BCUT2D eigenvalue weighted by atomic mass is 10.4. The number of hydrogen-bond acceptors (Lipinski definition) is 6. The average molecular weight is 190 g/mol. The predicted octanol–water partition coefficient (Wildman–Crippen LogP) is -0.926. The Hall–Kier alpha value is -1.14. The van der Waals surface area contributed by atoms with Crippen LogP contribution in [-0.2, 0) is 19.1 Å². The zero-order valence-corrected chi connectivity index (χ0v) is 7.49. The van der Waals surface area contributed by atoms with Crippen molar-refractivity contribution in [1.82, 2.24) is 0 Å². The Balaban J connectivity index is 3.64. The van der Waals surface area contributed by atoms with Crippen molar-refractivity contribution in [1.29, 1.82) is 0 Å². The van der Waals surface area contributed by atoms with Gasteiger partial charge in [-0.3, -0.25) is 11.5 Å². The van der Waals surface area contributed by atoms with E-state index in [1.54, 1.807) is 0 Å². The van der Waals surface area contributed by atoms with Gasteiger partial charge in [-0.1, -0.05) is 13.3 Å². The molecule has 0 aromatic carbocycles. The molecule has 0 saturated carbocycles. The molecule has 0 aliphatic carbocycles. The van der Waals surface area contributed by atoms with Gasteiger partial charge in [-0.15, -0.1) is 0 Å². The zero-order valence-electron chi connectivity index (χ0n) is 7.49. The smallest absolute Gasteiger partial charge is 0.419 e. The first-order valence-corrected chi connectivity index (χ1v) is 3.96. The third-order valence-corrected chi connectivity index (χ3v) is 1.14. The number of esters is 2. The molecule has 4 N–H and O–H groups in total. The summed E-state index contributed by atoms with van der Waals surface area (Å²) >= 11 is 0. The molecule has 0 unspecified atom stereocenters. The largest absolute Gasteiger partial charge is 0.457 e. The van der Waals surface area contributed by atoms with E-state index in [9.17, 15) is 9.59 Å². The van der Waals surface area contributed by atoms with Crippen molar-refractivity contribution in [3.8, 4) is 0 Å². The lowest BCUT2D eigenvalue weighted by Crippen LogP contribution is -2.38. The molecule has 0 spiro atoms. The minimum absolute atomic E-state index is 0.199. The molecular formula is C7H14N2O4. The SMILES string of the molecule is CCCCOC(=O)C(=O)OC(N)N. The number of ether oxygens (including phenoxy) is 2. The van der Waals surface area contributed by atoms with Crippen molar-refractivity contribution in [3.05, 3.63) is 0 Å². The van der Waals surface area contributed by atoms with Crippen LogP contribution in [-0.4, -0.2) is 24.9 Å². The summed E-state index contributed by atoms with van der Waals surface area (Å²) in [5, 5.41) is 0. The van der Waals surface area contributed by atoms with Gasteiger partial charge in [0.2, 0.25) is 6.35 Å². The summed E-state index contributed by atoms with van der Waals surface area (Å²) in [5.41, 5.74) is 9.83. The Kier molecular flexibility index (Phi) is 5.82. The highest BCUT2D eigenvalue weighted by atomic mass is 16.6. The molecule has 0 aromatic heterocycles. The van der Waals surface area contributed by atoms with Crippen LogP contribution in [0.15, 0.2) is 0 Å². The quantitative estimate of drug-likeness (QED) is 0.257. The molecule has 0 aromatic rings. The van der Waals surface area contributed by atoms with E-state index in [1.165, 1.54) is 0 Å². The van der Waals surface area contributed by atoms with Gasteiger partial charge in [-0.2, -0.15) is 0 Å². The Morgan fingerprint density at radius 3 is 2.38 bits per heavy atom. The lowest BCUT2D eigenvalue weighted by Gasteiger charge is -2.06. The molecule has 0 rings (SSSR count). The summed E-state index contributed by atoms with van der Waals surface area (Å²) < 4.78 is 8.71. The molecule has 13 heavy (non-hydrogen) atoms. The molecule has 0 radical (unpaired) electrons. The van der Waals surface area contributed by atoms with Crippen LogP contribution in [0.3, 0.4) is 0 Å². The van der Waals surface area contributed by atoms with E-state index in [4.69, 9.17) is 11.5 Å². The first-order chi connectivity index (χ1) is 6.07. The summed E-state index contributed by atoms with van der Waals surface area (Å²) in [4.78, 5) is 21.4. The van der Waals surface area contributed by atoms with Gasteiger partial charge in [-0.25, -0.2) is 9.59 Å². The normalized spacial score (nSPS) is 9.85. The van der Waals surface area contributed by atoms with Crippen LogP contribution in [0.2, 0.25) is 0 Å². The number of rotatable bonds is 4. The van der Waals surface area contributed by atoms with E-state index in [1.807, 2.05) is 6.92 Å². The second-order valence-electron chi connectivity index (χ2n) is 2.36. The second kappa shape index (κ2) is 6.38. The molecule has 0 atom stereocenters. The fourth-order valence-electron chi connectivity index (χ4n) is 0.540. The first kappa shape index (κ1) is 11.9. The zero-order chi connectivity index (χ0) is 10.3. The standard InChI is InChI=1S/C7H14N2O4/c1-2-3-4-12-5(10)6(11)13-7(8)9/h7H,2-4,8-9H2,1H3. The van der Waals surface area contributed by atoms with Gasteiger partial charge in [-0.05, 0) is 6.42 Å². The van der Waals surface area contributed by atoms with Crippen LogP contribution in [0.5, 0.6) is 0 Å². The highest BCUT2D eigenvalue weighted by Gasteiger charge is 2.18. The molecule has 0 aliphatic heterocycles. The van der Waals surface area contributed by atoms with Crippen molar-refractivity contribution in [2.45, 2.75) is 26.1 Å². The Bertz CT molecular complexity index is 181. The Morgan fingerprint density at radius 2 is 1.92 bits per heavy atom. The van der Waals surface area contributed by atoms with E-state index < -0.39 is 18.3 Å². The fourth-order valence-corrected chi connectivity index (χ4v) is 0.540. The monoisotopic (exact) mass is 190 g/mol. The van der Waals surface area contributed by atoms with E-state index in [0.29, 0.717) is 6.42 Å². The molecule has 0 amide bonds. The number of hydrogen-bond donors (Lipinski definition) is 2. The van der Waals surface area contributed by atoms with Crippen LogP contribution in [0.1, 0.15) is 19.8 Å². The summed E-state index contributed by atoms with van der Waals surface area (Å²) in [6.07, 6.45) is 0.290. The summed E-state index contributed by atoms with van der Waals surface area (Å²) in [6, 6.07) is 0. The van der Waals surface area contributed by atoms with Crippen LogP contribution in [0.25, 0.3) is 0 Å². The minimum Gasteiger partial charge on any atom is -0.457 e. The number of carbonyl (C=O) groups excluding carboxylic acids is 2. The van der Waals surface area contributed by atoms with Gasteiger partial charge in [0.05, 0.1) is 6.61 Å². The maximum Gasteiger partial charge on any atom is 0.419 e. The minimum atomic E-state index is -1.29. The van der Waals surface area contributed by atoms with Gasteiger partial charge in [0, 0.05) is 0 Å². The van der Waals surface area contributed by atoms with Crippen LogP contribution in [0, 0.1) is 0 Å². The molecule has 6 heteroatoms. The molecular weight excluding hydrogens is 176 g/mol. The molecule has 0 fully saturated rings. The average Bonchev–Trinajstić information content (AvgIpc) is 2.03. The number of unbranched alkanes of at least 4 members (excludes halogenated alkanes) is 1. The van der Waals surface area contributed by atoms with E-state index in [0.717, 1.165) is 6.42 Å². The predicted molar refractivity (Wildman–Crippen MR) is 44.1 cm³/mol. The van der Waals surface area contributed by atoms with Gasteiger partial charge >= 0.3 is 11.9 Å². The van der Waals surface area contributed by atoms with Crippen LogP contribution < -0.4 is 11.5 Å². The summed E-state index contributed by atoms with van der Waals surface area (Å²) in [7, 11) is 0. The molecule has 0 saturated heterocycles. The highest BCUT2D eigenvalue weighted by molar-refractivity contribution is 6.29. The van der Waals surface area contributed by atoms with Crippen molar-refractivity contribution < 1.29 is 19.1 Å². The van der Waals surface area contributed by atoms with Gasteiger partial charge < -0.3 is 9.47 Å². The number of nitrogens with two attached hydrogens (primary N) is 2. The lowest BCUT2D eigenvalue weighted by molar-refractivity contribution is -0.170. The molecule has 0 bridgehead atoms. The third-order valence-electron chi connectivity index (χ3n) is 1.14. The molecule has 6 nitrogen and oxygen atoms in total. The first-order valence-electron chi connectivity index (χ1n) is 3.96. The molecule has 0 heterocycles. The fraction of sp³-hybridized carbons (Fsp3) is 0.714. The van der Waals surface area contributed by atoms with E-state index >= 15 is 0 Å². The van der Waals surface area contributed by atoms with E-state index in [2.05, 4.69) is 9.47 Å². The van der Waals surface area contributed by atoms with Crippen molar-refractivity contribution in [3.63, 3.8) is 0 Å². The second-order valence-corrected chi connectivity index (χ2v) is 2.36. The third kappa shape index (κ3) is 6.06. The Morgan fingerprint density at radius 1 is 1.31 bits per heavy atom. The van der Waals surface area contributed by atoms with Gasteiger partial charge in [0.25, 0.3) is 0 Å². The number of carbonyl (C=O) groups is 2. The maximum atomic E-state index is 10.7.